The molecule has 0 radical (unpaired) electrons. The molecule has 0 aliphatic heterocycles. The number of benzene rings is 1. The topological polar surface area (TPSA) is 38.0 Å². The quantitative estimate of drug-likeness (QED) is 0.807. The summed E-state index contributed by atoms with van der Waals surface area (Å²) in [5, 5.41) is 3.23. The molecule has 0 bridgehead atoms. The first-order valence-electron chi connectivity index (χ1n) is 8.14. The zero-order valence-corrected chi connectivity index (χ0v) is 13.6. The molecule has 0 fully saturated rings. The highest BCUT2D eigenvalue weighted by Crippen LogP contribution is 2.28. The number of nitrogens with one attached hydrogen (secondary N) is 1. The second kappa shape index (κ2) is 8.25. The zero-order chi connectivity index (χ0) is 15.9. The van der Waals surface area contributed by atoms with Crippen molar-refractivity contribution in [3.63, 3.8) is 0 Å². The van der Waals surface area contributed by atoms with Crippen LogP contribution in [0.5, 0.6) is 0 Å². The number of hydrogen-bond acceptors (Lipinski definition) is 2. The third-order valence-corrected chi connectivity index (χ3v) is 4.42. The lowest BCUT2D eigenvalue weighted by Gasteiger charge is -2.21. The smallest absolute Gasteiger partial charge is 0.105 e. The van der Waals surface area contributed by atoms with Gasteiger partial charge in [0.15, 0.2) is 0 Å². The van der Waals surface area contributed by atoms with Crippen LogP contribution in [0.2, 0.25) is 0 Å². The maximum absolute atomic E-state index is 12.8. The fourth-order valence-electron chi connectivity index (χ4n) is 3.16. The molecule has 3 atom stereocenters. The van der Waals surface area contributed by atoms with Crippen LogP contribution >= 0.6 is 0 Å². The Labute approximate surface area is 133 Å². The summed E-state index contributed by atoms with van der Waals surface area (Å²) in [7, 11) is 1.99. The summed E-state index contributed by atoms with van der Waals surface area (Å²) in [5.41, 5.74) is 9.49. The van der Waals surface area contributed by atoms with Crippen molar-refractivity contribution in [2.24, 2.45) is 11.7 Å². The van der Waals surface area contributed by atoms with E-state index in [1.807, 2.05) is 7.05 Å². The minimum absolute atomic E-state index is 0.0898. The largest absolute Gasteiger partial charge is 0.325 e. The van der Waals surface area contributed by atoms with Crippen LogP contribution in [0.1, 0.15) is 36.8 Å². The molecule has 1 aromatic rings. The third-order valence-electron chi connectivity index (χ3n) is 4.42. The van der Waals surface area contributed by atoms with Crippen molar-refractivity contribution in [2.75, 3.05) is 20.3 Å². The Bertz CT molecular complexity index is 519. The first-order chi connectivity index (χ1) is 10.7. The van der Waals surface area contributed by atoms with Gasteiger partial charge in [-0.2, -0.15) is 0 Å². The second-order valence-corrected chi connectivity index (χ2v) is 6.03. The van der Waals surface area contributed by atoms with E-state index in [4.69, 9.17) is 5.73 Å². The van der Waals surface area contributed by atoms with Crippen molar-refractivity contribution >= 4 is 5.57 Å². The van der Waals surface area contributed by atoms with Gasteiger partial charge in [0.1, 0.15) is 6.67 Å². The molecule has 1 aromatic carbocycles. The van der Waals surface area contributed by atoms with E-state index in [9.17, 15) is 4.39 Å². The fraction of sp³-hybridized carbons (Fsp3) is 0.474. The van der Waals surface area contributed by atoms with Crippen LogP contribution in [-0.2, 0) is 0 Å². The Morgan fingerprint density at radius 3 is 2.64 bits per heavy atom. The third kappa shape index (κ3) is 4.05. The Kier molecular flexibility index (Phi) is 6.34. The maximum Gasteiger partial charge on any atom is 0.105 e. The highest BCUT2D eigenvalue weighted by atomic mass is 19.1. The summed E-state index contributed by atoms with van der Waals surface area (Å²) in [6, 6.07) is 8.02. The Morgan fingerprint density at radius 2 is 2.05 bits per heavy atom. The van der Waals surface area contributed by atoms with Crippen molar-refractivity contribution < 1.29 is 4.39 Å². The number of hydrogen-bond donors (Lipinski definition) is 2. The van der Waals surface area contributed by atoms with E-state index >= 15 is 0 Å². The molecule has 2 rings (SSSR count). The number of rotatable bonds is 7. The predicted octanol–water partition coefficient (Wildman–Crippen LogP) is 3.66. The standard InChI is InChI=1S/C19H27FN2/c1-3-18(19(21)12-20)16-9-7-15(8-10-16)17-6-4-5-14(11-17)13-22-2/h4,6-11,14,18-19,22H,3,5,12-13,21H2,1-2H3. The van der Waals surface area contributed by atoms with E-state index in [-0.39, 0.29) is 5.92 Å². The minimum Gasteiger partial charge on any atom is -0.325 e. The summed E-state index contributed by atoms with van der Waals surface area (Å²) in [6.07, 6.45) is 8.70. The predicted molar refractivity (Wildman–Crippen MR) is 92.6 cm³/mol. The normalized spacial score (nSPS) is 20.5. The van der Waals surface area contributed by atoms with Crippen LogP contribution in [0.15, 0.2) is 42.5 Å². The van der Waals surface area contributed by atoms with Crippen molar-refractivity contribution in [1.82, 2.24) is 5.32 Å². The van der Waals surface area contributed by atoms with Crippen LogP contribution in [0.25, 0.3) is 5.57 Å². The molecule has 1 aliphatic rings. The molecule has 0 saturated heterocycles. The molecule has 0 saturated carbocycles. The summed E-state index contributed by atoms with van der Waals surface area (Å²) in [5.74, 6) is 0.639. The number of nitrogens with two attached hydrogens (primary N) is 1. The summed E-state index contributed by atoms with van der Waals surface area (Å²) in [4.78, 5) is 0. The molecule has 0 spiro atoms. The number of allylic oxidation sites excluding steroid dienone is 3. The average Bonchev–Trinajstić information content (AvgIpc) is 2.56. The molecule has 1 aliphatic carbocycles. The van der Waals surface area contributed by atoms with Crippen LogP contribution in [0, 0.1) is 5.92 Å². The molecule has 0 aromatic heterocycles. The van der Waals surface area contributed by atoms with Crippen LogP contribution < -0.4 is 11.1 Å². The summed E-state index contributed by atoms with van der Waals surface area (Å²) < 4.78 is 12.8. The van der Waals surface area contributed by atoms with Gasteiger partial charge < -0.3 is 11.1 Å². The van der Waals surface area contributed by atoms with Crippen molar-refractivity contribution in [2.45, 2.75) is 31.7 Å². The molecule has 0 amide bonds. The molecular weight excluding hydrogens is 275 g/mol. The summed E-state index contributed by atoms with van der Waals surface area (Å²) in [6.45, 7) is 2.58. The first-order valence-corrected chi connectivity index (χ1v) is 8.14. The van der Waals surface area contributed by atoms with Gasteiger partial charge in [0, 0.05) is 18.5 Å². The van der Waals surface area contributed by atoms with Gasteiger partial charge in [-0.1, -0.05) is 49.4 Å². The van der Waals surface area contributed by atoms with Gasteiger partial charge in [0.05, 0.1) is 0 Å². The Balaban J connectivity index is 2.16. The molecule has 0 heterocycles. The highest BCUT2D eigenvalue weighted by molar-refractivity contribution is 5.75. The van der Waals surface area contributed by atoms with Gasteiger partial charge in [-0.15, -0.1) is 0 Å². The molecule has 3 N–H and O–H groups in total. The van der Waals surface area contributed by atoms with Crippen molar-refractivity contribution in [3.8, 4) is 0 Å². The Morgan fingerprint density at radius 1 is 1.32 bits per heavy atom. The van der Waals surface area contributed by atoms with Gasteiger partial charge in [-0.05, 0) is 42.5 Å². The molecule has 3 heteroatoms. The van der Waals surface area contributed by atoms with Crippen molar-refractivity contribution in [1.29, 1.82) is 0 Å². The average molecular weight is 302 g/mol. The molecule has 22 heavy (non-hydrogen) atoms. The summed E-state index contributed by atoms with van der Waals surface area (Å²) >= 11 is 0. The van der Waals surface area contributed by atoms with Gasteiger partial charge in [0.2, 0.25) is 0 Å². The minimum atomic E-state index is -0.472. The van der Waals surface area contributed by atoms with E-state index in [0.717, 1.165) is 24.9 Å². The van der Waals surface area contributed by atoms with E-state index in [1.54, 1.807) is 0 Å². The molecule has 2 nitrogen and oxygen atoms in total. The fourth-order valence-corrected chi connectivity index (χ4v) is 3.16. The monoisotopic (exact) mass is 302 g/mol. The lowest BCUT2D eigenvalue weighted by molar-refractivity contribution is 0.380. The maximum atomic E-state index is 12.8. The van der Waals surface area contributed by atoms with Crippen molar-refractivity contribution in [3.05, 3.63) is 53.6 Å². The lowest BCUT2D eigenvalue weighted by Crippen LogP contribution is -2.30. The van der Waals surface area contributed by atoms with E-state index in [1.165, 1.54) is 11.1 Å². The zero-order valence-electron chi connectivity index (χ0n) is 13.6. The Hall–Kier alpha value is -1.45. The van der Waals surface area contributed by atoms with E-state index < -0.39 is 12.7 Å². The number of halogens is 1. The molecule has 3 unspecified atom stereocenters. The lowest BCUT2D eigenvalue weighted by atomic mass is 9.87. The SMILES string of the molecule is CCC(c1ccc(C2=CC(CNC)CC=C2)cc1)C(N)CF. The van der Waals surface area contributed by atoms with E-state index in [0.29, 0.717) is 5.92 Å². The van der Waals surface area contributed by atoms with Crippen LogP contribution in [0.4, 0.5) is 4.39 Å². The van der Waals surface area contributed by atoms with Gasteiger partial charge in [0.25, 0.3) is 0 Å². The van der Waals surface area contributed by atoms with Crippen LogP contribution in [-0.4, -0.2) is 26.3 Å². The van der Waals surface area contributed by atoms with Crippen LogP contribution in [0.3, 0.4) is 0 Å². The van der Waals surface area contributed by atoms with Gasteiger partial charge in [-0.3, -0.25) is 0 Å². The van der Waals surface area contributed by atoms with Gasteiger partial charge >= 0.3 is 0 Å². The molecule has 120 valence electrons. The number of alkyl halides is 1. The second-order valence-electron chi connectivity index (χ2n) is 6.03. The highest BCUT2D eigenvalue weighted by Gasteiger charge is 2.18. The first kappa shape index (κ1) is 16.9. The molecular formula is C19H27FN2. The van der Waals surface area contributed by atoms with E-state index in [2.05, 4.69) is 54.7 Å². The van der Waals surface area contributed by atoms with Gasteiger partial charge in [-0.25, -0.2) is 4.39 Å².